The second-order valence-electron chi connectivity index (χ2n) is 9.17. The van der Waals surface area contributed by atoms with Crippen LogP contribution in [-0.4, -0.2) is 71.2 Å². The quantitative estimate of drug-likeness (QED) is 0.723. The third kappa shape index (κ3) is 4.77. The molecular formula is C24H33N5OS. The van der Waals surface area contributed by atoms with Crippen LogP contribution in [0.4, 0.5) is 5.82 Å². The lowest BCUT2D eigenvalue weighted by atomic mass is 9.93. The van der Waals surface area contributed by atoms with Crippen LogP contribution in [0.5, 0.6) is 0 Å². The Morgan fingerprint density at radius 1 is 0.871 bits per heavy atom. The third-order valence-electron chi connectivity index (χ3n) is 7.28. The summed E-state index contributed by atoms with van der Waals surface area (Å²) in [6.45, 7) is 6.16. The monoisotopic (exact) mass is 439 g/mol. The molecule has 2 aromatic rings. The normalized spacial score (nSPS) is 22.1. The first-order valence-corrected chi connectivity index (χ1v) is 12.8. The molecule has 0 unspecified atom stereocenters. The molecule has 0 spiro atoms. The Morgan fingerprint density at radius 3 is 2.29 bits per heavy atom. The van der Waals surface area contributed by atoms with Crippen LogP contribution in [0.15, 0.2) is 29.6 Å². The molecule has 0 radical (unpaired) electrons. The Morgan fingerprint density at radius 2 is 1.65 bits per heavy atom. The Balaban J connectivity index is 1.10. The van der Waals surface area contributed by atoms with Crippen molar-refractivity contribution < 1.29 is 4.79 Å². The standard InChI is InChI=1S/C24H33N5OS/c30-24(29-16-10-20(11-17-29)27-12-2-1-3-13-27)19-8-14-28(15-9-19)23-7-6-21(25-26-23)22-5-4-18-31-22/h4-7,18-20H,1-3,8-17H2. The van der Waals surface area contributed by atoms with Crippen molar-refractivity contribution in [2.75, 3.05) is 44.2 Å². The average Bonchev–Trinajstić information content (AvgIpc) is 3.40. The Labute approximate surface area is 189 Å². The van der Waals surface area contributed by atoms with E-state index >= 15 is 0 Å². The summed E-state index contributed by atoms with van der Waals surface area (Å²) in [5, 5.41) is 10.9. The fourth-order valence-electron chi connectivity index (χ4n) is 5.40. The van der Waals surface area contributed by atoms with Crippen molar-refractivity contribution in [1.82, 2.24) is 20.0 Å². The fourth-order valence-corrected chi connectivity index (χ4v) is 6.09. The molecule has 0 aromatic carbocycles. The van der Waals surface area contributed by atoms with E-state index < -0.39 is 0 Å². The first-order valence-electron chi connectivity index (χ1n) is 11.9. The molecule has 7 heteroatoms. The maximum atomic E-state index is 13.1. The molecule has 31 heavy (non-hydrogen) atoms. The highest BCUT2D eigenvalue weighted by molar-refractivity contribution is 7.13. The van der Waals surface area contributed by atoms with Crippen molar-refractivity contribution in [2.24, 2.45) is 5.92 Å². The minimum absolute atomic E-state index is 0.168. The lowest BCUT2D eigenvalue weighted by molar-refractivity contribution is -0.137. The van der Waals surface area contributed by atoms with Crippen LogP contribution < -0.4 is 4.90 Å². The number of carbonyl (C=O) groups is 1. The number of thiophene rings is 1. The summed E-state index contributed by atoms with van der Waals surface area (Å²) in [5.41, 5.74) is 0.928. The predicted octanol–water partition coefficient (Wildman–Crippen LogP) is 3.90. The van der Waals surface area contributed by atoms with Gasteiger partial charge in [-0.1, -0.05) is 12.5 Å². The smallest absolute Gasteiger partial charge is 0.225 e. The van der Waals surface area contributed by atoms with Crippen LogP contribution in [0.3, 0.4) is 0 Å². The minimum Gasteiger partial charge on any atom is -0.355 e. The Bertz CT molecular complexity index is 833. The van der Waals surface area contributed by atoms with Crippen LogP contribution in [0, 0.1) is 5.92 Å². The van der Waals surface area contributed by atoms with Gasteiger partial charge < -0.3 is 14.7 Å². The molecule has 5 rings (SSSR count). The van der Waals surface area contributed by atoms with Gasteiger partial charge >= 0.3 is 0 Å². The number of hydrogen-bond acceptors (Lipinski definition) is 6. The molecule has 3 aliphatic rings. The number of hydrogen-bond donors (Lipinski definition) is 0. The predicted molar refractivity (Wildman–Crippen MR) is 125 cm³/mol. The number of anilines is 1. The summed E-state index contributed by atoms with van der Waals surface area (Å²) in [6.07, 6.45) is 8.21. The maximum absolute atomic E-state index is 13.1. The molecule has 3 fully saturated rings. The number of aromatic nitrogens is 2. The summed E-state index contributed by atoms with van der Waals surface area (Å²) >= 11 is 1.68. The van der Waals surface area contributed by atoms with Crippen molar-refractivity contribution in [3.05, 3.63) is 29.6 Å². The molecule has 3 aliphatic heterocycles. The van der Waals surface area contributed by atoms with Gasteiger partial charge in [-0.15, -0.1) is 21.5 Å². The first-order chi connectivity index (χ1) is 15.3. The van der Waals surface area contributed by atoms with Gasteiger partial charge in [-0.25, -0.2) is 0 Å². The van der Waals surface area contributed by atoms with E-state index in [4.69, 9.17) is 0 Å². The van der Waals surface area contributed by atoms with Crippen LogP contribution in [0.25, 0.3) is 10.6 Å². The van der Waals surface area contributed by atoms with Gasteiger partial charge in [0.05, 0.1) is 4.88 Å². The average molecular weight is 440 g/mol. The van der Waals surface area contributed by atoms with Gasteiger partial charge in [-0.2, -0.15) is 0 Å². The zero-order valence-electron chi connectivity index (χ0n) is 18.3. The molecule has 5 heterocycles. The Hall–Kier alpha value is -1.99. The van der Waals surface area contributed by atoms with E-state index in [0.717, 1.165) is 68.3 Å². The van der Waals surface area contributed by atoms with Crippen molar-refractivity contribution in [3.63, 3.8) is 0 Å². The molecule has 0 bridgehead atoms. The summed E-state index contributed by atoms with van der Waals surface area (Å²) < 4.78 is 0. The maximum Gasteiger partial charge on any atom is 0.225 e. The molecular weight excluding hydrogens is 406 g/mol. The molecule has 1 amide bonds. The topological polar surface area (TPSA) is 52.6 Å². The van der Waals surface area contributed by atoms with E-state index in [-0.39, 0.29) is 5.92 Å². The van der Waals surface area contributed by atoms with Crippen LogP contribution in [0.1, 0.15) is 44.9 Å². The number of likely N-dealkylation sites (tertiary alicyclic amines) is 2. The van der Waals surface area contributed by atoms with E-state index in [1.807, 2.05) is 6.07 Å². The number of carbonyl (C=O) groups excluding carboxylic acids is 1. The summed E-state index contributed by atoms with van der Waals surface area (Å²) in [6, 6.07) is 8.92. The highest BCUT2D eigenvalue weighted by atomic mass is 32.1. The lowest BCUT2D eigenvalue weighted by Gasteiger charge is -2.41. The van der Waals surface area contributed by atoms with Crippen molar-refractivity contribution in [3.8, 4) is 10.6 Å². The molecule has 6 nitrogen and oxygen atoms in total. The highest BCUT2D eigenvalue weighted by Crippen LogP contribution is 2.28. The van der Waals surface area contributed by atoms with Crippen LogP contribution in [0.2, 0.25) is 0 Å². The van der Waals surface area contributed by atoms with E-state index in [0.29, 0.717) is 11.9 Å². The largest absolute Gasteiger partial charge is 0.355 e. The third-order valence-corrected chi connectivity index (χ3v) is 8.17. The van der Waals surface area contributed by atoms with Crippen molar-refractivity contribution in [2.45, 2.75) is 51.0 Å². The summed E-state index contributed by atoms with van der Waals surface area (Å²) in [7, 11) is 0. The van der Waals surface area contributed by atoms with Crippen molar-refractivity contribution >= 4 is 23.1 Å². The molecule has 0 saturated carbocycles. The molecule has 166 valence electrons. The van der Waals surface area contributed by atoms with Gasteiger partial charge in [-0.3, -0.25) is 4.79 Å². The summed E-state index contributed by atoms with van der Waals surface area (Å²) in [5.74, 6) is 1.48. The zero-order chi connectivity index (χ0) is 21.0. The highest BCUT2D eigenvalue weighted by Gasteiger charge is 2.32. The molecule has 0 N–H and O–H groups in total. The van der Waals surface area contributed by atoms with E-state index in [1.54, 1.807) is 11.3 Å². The van der Waals surface area contributed by atoms with Gasteiger partial charge in [0.2, 0.25) is 5.91 Å². The number of amides is 1. The van der Waals surface area contributed by atoms with Gasteiger partial charge in [0.1, 0.15) is 5.69 Å². The lowest BCUT2D eigenvalue weighted by Crippen LogP contribution is -2.50. The molecule has 2 aromatic heterocycles. The number of rotatable bonds is 4. The van der Waals surface area contributed by atoms with Gasteiger partial charge in [0, 0.05) is 38.1 Å². The Kier molecular flexibility index (Phi) is 6.50. The van der Waals surface area contributed by atoms with E-state index in [2.05, 4.69) is 48.5 Å². The minimum atomic E-state index is 0.168. The van der Waals surface area contributed by atoms with Crippen LogP contribution >= 0.6 is 11.3 Å². The van der Waals surface area contributed by atoms with Crippen LogP contribution in [-0.2, 0) is 4.79 Å². The summed E-state index contributed by atoms with van der Waals surface area (Å²) in [4.78, 5) is 21.4. The molecule has 0 aliphatic carbocycles. The fraction of sp³-hybridized carbons (Fsp3) is 0.625. The second kappa shape index (κ2) is 9.65. The van der Waals surface area contributed by atoms with E-state index in [9.17, 15) is 4.79 Å². The zero-order valence-corrected chi connectivity index (χ0v) is 19.1. The van der Waals surface area contributed by atoms with Crippen molar-refractivity contribution in [1.29, 1.82) is 0 Å². The molecule has 0 atom stereocenters. The first kappa shape index (κ1) is 20.9. The van der Waals surface area contributed by atoms with Gasteiger partial charge in [-0.05, 0) is 75.2 Å². The SMILES string of the molecule is O=C(C1CCN(c2ccc(-c3cccs3)nn2)CC1)N1CCC(N2CCCCC2)CC1. The number of piperidine rings is 3. The van der Waals surface area contributed by atoms with Gasteiger partial charge in [0.15, 0.2) is 5.82 Å². The second-order valence-corrected chi connectivity index (χ2v) is 10.1. The van der Waals surface area contributed by atoms with E-state index in [1.165, 1.54) is 32.4 Å². The van der Waals surface area contributed by atoms with Gasteiger partial charge in [0.25, 0.3) is 0 Å². The number of nitrogens with zero attached hydrogens (tertiary/aromatic N) is 5. The molecule has 3 saturated heterocycles.